The van der Waals surface area contributed by atoms with Gasteiger partial charge in [0.2, 0.25) is 0 Å². The van der Waals surface area contributed by atoms with Gasteiger partial charge in [0.05, 0.1) is 24.2 Å². The van der Waals surface area contributed by atoms with Crippen LogP contribution in [0.4, 0.5) is 0 Å². The van der Waals surface area contributed by atoms with Crippen molar-refractivity contribution >= 4 is 13.5 Å². The fourth-order valence-corrected chi connectivity index (χ4v) is 1.87. The predicted molar refractivity (Wildman–Crippen MR) is 74.6 cm³/mol. The van der Waals surface area contributed by atoms with Crippen LogP contribution in [0.1, 0.15) is 41.0 Å². The van der Waals surface area contributed by atoms with Crippen molar-refractivity contribution in [3.8, 4) is 0 Å². The molecule has 1 radical (unpaired) electrons. The molecular weight excluding hydrogens is 243 g/mol. The summed E-state index contributed by atoms with van der Waals surface area (Å²) in [4.78, 5) is 11.6. The van der Waals surface area contributed by atoms with Crippen LogP contribution >= 0.6 is 0 Å². The summed E-state index contributed by atoms with van der Waals surface area (Å²) in [7, 11) is 3.06. The van der Waals surface area contributed by atoms with Crippen LogP contribution in [0.2, 0.25) is 0 Å². The van der Waals surface area contributed by atoms with E-state index in [9.17, 15) is 9.90 Å². The minimum Gasteiger partial charge on any atom is -0.469 e. The lowest BCUT2D eigenvalue weighted by molar-refractivity contribution is -0.146. The molecule has 0 aromatic carbocycles. The predicted octanol–water partition coefficient (Wildman–Crippen LogP) is 1.88. The van der Waals surface area contributed by atoms with Crippen LogP contribution in [0, 0.1) is 11.8 Å². The standard InChI is InChI=1S/C14H24BO4/c1-9-7-10(8-11(9)12(16)18-6)15-19-14(4,5)13(2,3)17/h7,9,11,17H,8H2,1-6H3/t9-,11-/m1/s1. The van der Waals surface area contributed by atoms with Gasteiger partial charge in [-0.05, 0) is 40.0 Å². The summed E-state index contributed by atoms with van der Waals surface area (Å²) in [6.45, 7) is 9.08. The molecule has 1 rings (SSSR count). The molecule has 0 saturated heterocycles. The highest BCUT2D eigenvalue weighted by atomic mass is 16.5. The Morgan fingerprint density at radius 3 is 2.47 bits per heavy atom. The van der Waals surface area contributed by atoms with E-state index in [0.29, 0.717) is 6.42 Å². The van der Waals surface area contributed by atoms with E-state index < -0.39 is 11.2 Å². The summed E-state index contributed by atoms with van der Waals surface area (Å²) in [5.74, 6) is -0.174. The summed E-state index contributed by atoms with van der Waals surface area (Å²) in [6.07, 6.45) is 2.64. The van der Waals surface area contributed by atoms with Crippen molar-refractivity contribution in [3.63, 3.8) is 0 Å². The zero-order valence-corrected chi connectivity index (χ0v) is 12.7. The third kappa shape index (κ3) is 3.83. The maximum Gasteiger partial charge on any atom is 0.326 e. The molecule has 1 aliphatic rings. The Balaban J connectivity index is 2.57. The highest BCUT2D eigenvalue weighted by molar-refractivity contribution is 6.38. The molecule has 1 aliphatic carbocycles. The number of rotatable bonds is 5. The third-order valence-electron chi connectivity index (χ3n) is 4.05. The molecule has 0 bridgehead atoms. The smallest absolute Gasteiger partial charge is 0.326 e. The second-order valence-corrected chi connectivity index (χ2v) is 6.24. The Bertz CT molecular complexity index is 368. The van der Waals surface area contributed by atoms with Gasteiger partial charge in [0.15, 0.2) is 0 Å². The van der Waals surface area contributed by atoms with Gasteiger partial charge in [0.25, 0.3) is 0 Å². The van der Waals surface area contributed by atoms with Crippen LogP contribution in [0.3, 0.4) is 0 Å². The lowest BCUT2D eigenvalue weighted by atomic mass is 9.81. The zero-order chi connectivity index (χ0) is 14.8. The third-order valence-corrected chi connectivity index (χ3v) is 4.05. The number of allylic oxidation sites excluding steroid dienone is 2. The molecule has 1 N–H and O–H groups in total. The van der Waals surface area contributed by atoms with Gasteiger partial charge in [0.1, 0.15) is 0 Å². The molecule has 0 aromatic heterocycles. The highest BCUT2D eigenvalue weighted by Gasteiger charge is 2.37. The fraction of sp³-hybridized carbons (Fsp3) is 0.786. The van der Waals surface area contributed by atoms with Crippen molar-refractivity contribution in [2.24, 2.45) is 11.8 Å². The molecule has 107 valence electrons. The highest BCUT2D eigenvalue weighted by Crippen LogP contribution is 2.32. The van der Waals surface area contributed by atoms with Crippen molar-refractivity contribution in [3.05, 3.63) is 11.5 Å². The number of ether oxygens (including phenoxy) is 1. The molecule has 0 aliphatic heterocycles. The molecule has 19 heavy (non-hydrogen) atoms. The van der Waals surface area contributed by atoms with Gasteiger partial charge >= 0.3 is 13.5 Å². The minimum absolute atomic E-state index is 0.134. The van der Waals surface area contributed by atoms with E-state index in [1.54, 1.807) is 21.3 Å². The Hall–Kier alpha value is -0.805. The van der Waals surface area contributed by atoms with E-state index in [0.717, 1.165) is 5.47 Å². The first-order valence-corrected chi connectivity index (χ1v) is 6.60. The van der Waals surface area contributed by atoms with Gasteiger partial charge in [-0.2, -0.15) is 0 Å². The van der Waals surface area contributed by atoms with Crippen LogP contribution in [-0.2, 0) is 14.2 Å². The van der Waals surface area contributed by atoms with E-state index in [2.05, 4.69) is 0 Å². The molecule has 5 heteroatoms. The number of carbonyl (C=O) groups excluding carboxylic acids is 1. The Morgan fingerprint density at radius 1 is 1.42 bits per heavy atom. The van der Waals surface area contributed by atoms with Crippen LogP contribution in [0.5, 0.6) is 0 Å². The number of carbonyl (C=O) groups is 1. The molecule has 0 aromatic rings. The zero-order valence-electron chi connectivity index (χ0n) is 12.7. The quantitative estimate of drug-likeness (QED) is 0.610. The fourth-order valence-electron chi connectivity index (χ4n) is 1.87. The average Bonchev–Trinajstić information content (AvgIpc) is 2.65. The molecule has 0 unspecified atom stereocenters. The first kappa shape index (κ1) is 16.2. The minimum atomic E-state index is -0.948. The summed E-state index contributed by atoms with van der Waals surface area (Å²) < 4.78 is 10.5. The van der Waals surface area contributed by atoms with Crippen LogP contribution < -0.4 is 0 Å². The Morgan fingerprint density at radius 2 is 2.00 bits per heavy atom. The van der Waals surface area contributed by atoms with Gasteiger partial charge in [0, 0.05) is 0 Å². The van der Waals surface area contributed by atoms with Gasteiger partial charge < -0.3 is 14.5 Å². The first-order chi connectivity index (χ1) is 8.58. The monoisotopic (exact) mass is 267 g/mol. The summed E-state index contributed by atoms with van der Waals surface area (Å²) in [5.41, 5.74) is -0.670. The number of esters is 1. The molecule has 0 heterocycles. The van der Waals surface area contributed by atoms with Gasteiger partial charge in [-0.1, -0.05) is 18.5 Å². The second kappa shape index (κ2) is 5.67. The lowest BCUT2D eigenvalue weighted by Crippen LogP contribution is -2.48. The Kier molecular flexibility index (Phi) is 4.85. The number of hydrogen-bond acceptors (Lipinski definition) is 4. The van der Waals surface area contributed by atoms with Crippen molar-refractivity contribution < 1.29 is 19.3 Å². The summed E-state index contributed by atoms with van der Waals surface area (Å²) in [6, 6.07) is 0. The largest absolute Gasteiger partial charge is 0.469 e. The second-order valence-electron chi connectivity index (χ2n) is 6.24. The van der Waals surface area contributed by atoms with Gasteiger partial charge in [-0.25, -0.2) is 0 Å². The van der Waals surface area contributed by atoms with E-state index in [4.69, 9.17) is 9.39 Å². The van der Waals surface area contributed by atoms with E-state index in [1.165, 1.54) is 7.11 Å². The number of methoxy groups -OCH3 is 1. The van der Waals surface area contributed by atoms with E-state index >= 15 is 0 Å². The van der Waals surface area contributed by atoms with Crippen molar-refractivity contribution in [1.82, 2.24) is 0 Å². The van der Waals surface area contributed by atoms with Crippen LogP contribution in [-0.4, -0.2) is 36.9 Å². The van der Waals surface area contributed by atoms with E-state index in [-0.39, 0.29) is 17.8 Å². The molecule has 0 amide bonds. The van der Waals surface area contributed by atoms with E-state index in [1.807, 2.05) is 26.8 Å². The molecule has 0 spiro atoms. The van der Waals surface area contributed by atoms with Crippen LogP contribution in [0.25, 0.3) is 0 Å². The lowest BCUT2D eigenvalue weighted by Gasteiger charge is -2.37. The summed E-state index contributed by atoms with van der Waals surface area (Å²) in [5, 5.41) is 10.0. The number of hydrogen-bond donors (Lipinski definition) is 1. The van der Waals surface area contributed by atoms with Crippen molar-refractivity contribution in [1.29, 1.82) is 0 Å². The number of aliphatic hydroxyl groups is 1. The normalized spacial score (nSPS) is 24.1. The molecule has 0 fully saturated rings. The van der Waals surface area contributed by atoms with Gasteiger partial charge in [-0.15, -0.1) is 0 Å². The Labute approximate surface area is 116 Å². The maximum atomic E-state index is 11.6. The first-order valence-electron chi connectivity index (χ1n) is 6.60. The maximum absolute atomic E-state index is 11.6. The summed E-state index contributed by atoms with van der Waals surface area (Å²) >= 11 is 0. The van der Waals surface area contributed by atoms with Crippen molar-refractivity contribution in [2.75, 3.05) is 7.11 Å². The van der Waals surface area contributed by atoms with Crippen LogP contribution in [0.15, 0.2) is 11.5 Å². The average molecular weight is 267 g/mol. The molecular formula is C14H24BO4. The SMILES string of the molecule is COC(=O)[C@@H]1CC([B]OC(C)(C)C(C)(C)O)=C[C@H]1C. The molecule has 0 saturated carbocycles. The van der Waals surface area contributed by atoms with Gasteiger partial charge in [-0.3, -0.25) is 4.79 Å². The molecule has 2 atom stereocenters. The van der Waals surface area contributed by atoms with Crippen molar-refractivity contribution in [2.45, 2.75) is 52.2 Å². The molecule has 4 nitrogen and oxygen atoms in total. The topological polar surface area (TPSA) is 55.8 Å².